The van der Waals surface area contributed by atoms with Gasteiger partial charge in [0.15, 0.2) is 0 Å². The number of amides is 1. The van der Waals surface area contributed by atoms with Crippen LogP contribution in [0.3, 0.4) is 0 Å². The number of aryl methyl sites for hydroxylation is 1. The molecule has 6 heteroatoms. The van der Waals surface area contributed by atoms with Crippen molar-refractivity contribution in [3.63, 3.8) is 0 Å². The number of para-hydroxylation sites is 1. The van der Waals surface area contributed by atoms with Gasteiger partial charge < -0.3 is 5.32 Å². The highest BCUT2D eigenvalue weighted by Crippen LogP contribution is 2.28. The molecule has 0 aromatic heterocycles. The Kier molecular flexibility index (Phi) is 6.05. The summed E-state index contributed by atoms with van der Waals surface area (Å²) in [5, 5.41) is 2.95. The van der Waals surface area contributed by atoms with Crippen molar-refractivity contribution in [1.29, 1.82) is 0 Å². The largest absolute Gasteiger partial charge is 0.321 e. The minimum absolute atomic E-state index is 0.158. The Labute approximate surface area is 187 Å². The zero-order valence-corrected chi connectivity index (χ0v) is 18.3. The summed E-state index contributed by atoms with van der Waals surface area (Å²) in [6, 6.07) is 30.4. The highest BCUT2D eigenvalue weighted by atomic mass is 32.2. The molecule has 0 aliphatic rings. The molecule has 0 radical (unpaired) electrons. The Balaban J connectivity index is 1.60. The predicted octanol–water partition coefficient (Wildman–Crippen LogP) is 5.72. The number of hydrogen-bond acceptors (Lipinski definition) is 3. The van der Waals surface area contributed by atoms with Gasteiger partial charge in [-0.05, 0) is 48.4 Å². The molecule has 2 N–H and O–H groups in total. The maximum atomic E-state index is 13.0. The minimum Gasteiger partial charge on any atom is -0.321 e. The van der Waals surface area contributed by atoms with Gasteiger partial charge in [-0.25, -0.2) is 8.42 Å². The molecule has 32 heavy (non-hydrogen) atoms. The number of sulfonamides is 1. The summed E-state index contributed by atoms with van der Waals surface area (Å²) in [6.45, 7) is 1.79. The first-order valence-corrected chi connectivity index (χ1v) is 11.6. The number of hydrogen-bond donors (Lipinski definition) is 2. The Bertz CT molecular complexity index is 1350. The van der Waals surface area contributed by atoms with Crippen LogP contribution in [-0.2, 0) is 10.0 Å². The van der Waals surface area contributed by atoms with E-state index < -0.39 is 10.0 Å². The number of benzene rings is 4. The van der Waals surface area contributed by atoms with Gasteiger partial charge >= 0.3 is 0 Å². The van der Waals surface area contributed by atoms with Crippen molar-refractivity contribution in [2.45, 2.75) is 11.8 Å². The van der Waals surface area contributed by atoms with E-state index in [2.05, 4.69) is 10.0 Å². The third-order valence-electron chi connectivity index (χ3n) is 5.06. The van der Waals surface area contributed by atoms with E-state index in [9.17, 15) is 13.2 Å². The first-order valence-electron chi connectivity index (χ1n) is 10.1. The second kappa shape index (κ2) is 9.08. The number of anilines is 2. The number of carbonyl (C=O) groups excluding carboxylic acids is 1. The van der Waals surface area contributed by atoms with Crippen LogP contribution in [0.4, 0.5) is 11.4 Å². The molecule has 0 fully saturated rings. The molecule has 1 amide bonds. The lowest BCUT2D eigenvalue weighted by Crippen LogP contribution is -2.16. The summed E-state index contributed by atoms with van der Waals surface area (Å²) < 4.78 is 28.0. The molecule has 0 aliphatic carbocycles. The maximum absolute atomic E-state index is 13.0. The zero-order valence-electron chi connectivity index (χ0n) is 17.4. The smallest absolute Gasteiger partial charge is 0.261 e. The van der Waals surface area contributed by atoms with Crippen LogP contribution in [0.1, 0.15) is 15.9 Å². The van der Waals surface area contributed by atoms with Crippen molar-refractivity contribution in [2.75, 3.05) is 10.0 Å². The van der Waals surface area contributed by atoms with Crippen LogP contribution in [0.25, 0.3) is 11.1 Å². The fourth-order valence-corrected chi connectivity index (χ4v) is 4.48. The summed E-state index contributed by atoms with van der Waals surface area (Å²) in [5.41, 5.74) is 3.99. The van der Waals surface area contributed by atoms with E-state index in [-0.39, 0.29) is 10.8 Å². The van der Waals surface area contributed by atoms with Crippen molar-refractivity contribution < 1.29 is 13.2 Å². The van der Waals surface area contributed by atoms with Gasteiger partial charge in [0.05, 0.1) is 10.6 Å². The molecular formula is C26H22N2O3S. The lowest BCUT2D eigenvalue weighted by Gasteiger charge is -2.14. The molecule has 0 heterocycles. The van der Waals surface area contributed by atoms with Crippen LogP contribution in [0, 0.1) is 6.92 Å². The van der Waals surface area contributed by atoms with Crippen LogP contribution in [-0.4, -0.2) is 14.3 Å². The topological polar surface area (TPSA) is 75.3 Å². The molecule has 4 aromatic rings. The molecule has 0 unspecified atom stereocenters. The van der Waals surface area contributed by atoms with Gasteiger partial charge in [0.25, 0.3) is 15.9 Å². The van der Waals surface area contributed by atoms with Crippen LogP contribution in [0.15, 0.2) is 108 Å². The van der Waals surface area contributed by atoms with Crippen molar-refractivity contribution in [3.8, 4) is 11.1 Å². The van der Waals surface area contributed by atoms with E-state index in [1.165, 1.54) is 12.1 Å². The van der Waals surface area contributed by atoms with E-state index in [0.717, 1.165) is 11.1 Å². The molecule has 0 atom stereocenters. The zero-order chi connectivity index (χ0) is 22.6. The molecular weight excluding hydrogens is 420 g/mol. The summed E-state index contributed by atoms with van der Waals surface area (Å²) >= 11 is 0. The molecule has 0 saturated heterocycles. The number of rotatable bonds is 6. The van der Waals surface area contributed by atoms with Crippen LogP contribution >= 0.6 is 0 Å². The summed E-state index contributed by atoms with van der Waals surface area (Å²) in [7, 11) is -3.76. The molecule has 5 nitrogen and oxygen atoms in total. The first-order chi connectivity index (χ1) is 15.4. The van der Waals surface area contributed by atoms with Gasteiger partial charge in [-0.2, -0.15) is 0 Å². The predicted molar refractivity (Wildman–Crippen MR) is 128 cm³/mol. The third-order valence-corrected chi connectivity index (χ3v) is 6.44. The van der Waals surface area contributed by atoms with Gasteiger partial charge in [0, 0.05) is 16.8 Å². The summed E-state index contributed by atoms with van der Waals surface area (Å²) in [4.78, 5) is 13.2. The second-order valence-corrected chi connectivity index (χ2v) is 9.00. The van der Waals surface area contributed by atoms with Gasteiger partial charge in [0.2, 0.25) is 0 Å². The van der Waals surface area contributed by atoms with Crippen molar-refractivity contribution in [2.24, 2.45) is 0 Å². The molecule has 0 bridgehead atoms. The van der Waals surface area contributed by atoms with Crippen LogP contribution < -0.4 is 10.0 Å². The average Bonchev–Trinajstić information content (AvgIpc) is 2.82. The third kappa shape index (κ3) is 4.71. The molecule has 4 aromatic carbocycles. The van der Waals surface area contributed by atoms with Crippen molar-refractivity contribution in [1.82, 2.24) is 0 Å². The van der Waals surface area contributed by atoms with Gasteiger partial charge in [-0.15, -0.1) is 0 Å². The number of nitrogens with one attached hydrogen (secondary N) is 2. The average molecular weight is 443 g/mol. The SMILES string of the molecule is Cc1ccc(C(=O)Nc2ccccc2-c2ccccc2)cc1NS(=O)(=O)c1ccccc1. The summed E-state index contributed by atoms with van der Waals surface area (Å²) in [6.07, 6.45) is 0. The van der Waals surface area contributed by atoms with Gasteiger partial charge in [-0.1, -0.05) is 72.8 Å². The van der Waals surface area contributed by atoms with E-state index >= 15 is 0 Å². The van der Waals surface area contributed by atoms with E-state index in [0.29, 0.717) is 22.5 Å². The maximum Gasteiger partial charge on any atom is 0.261 e. The highest BCUT2D eigenvalue weighted by Gasteiger charge is 2.17. The van der Waals surface area contributed by atoms with Crippen molar-refractivity contribution in [3.05, 3.63) is 114 Å². The van der Waals surface area contributed by atoms with E-state index in [4.69, 9.17) is 0 Å². The molecule has 0 aliphatic heterocycles. The van der Waals surface area contributed by atoms with Gasteiger partial charge in [0.1, 0.15) is 0 Å². The van der Waals surface area contributed by atoms with Crippen LogP contribution in [0.5, 0.6) is 0 Å². The molecule has 0 saturated carbocycles. The van der Waals surface area contributed by atoms with E-state index in [1.54, 1.807) is 43.3 Å². The minimum atomic E-state index is -3.76. The fourth-order valence-electron chi connectivity index (χ4n) is 3.33. The van der Waals surface area contributed by atoms with Crippen molar-refractivity contribution >= 4 is 27.3 Å². The molecule has 160 valence electrons. The number of carbonyl (C=O) groups is 1. The Morgan fingerprint density at radius 2 is 1.34 bits per heavy atom. The molecule has 0 spiro atoms. The lowest BCUT2D eigenvalue weighted by molar-refractivity contribution is 0.102. The Morgan fingerprint density at radius 1 is 0.719 bits per heavy atom. The second-order valence-electron chi connectivity index (χ2n) is 7.31. The first kappa shape index (κ1) is 21.3. The van der Waals surface area contributed by atoms with Gasteiger partial charge in [-0.3, -0.25) is 9.52 Å². The normalized spacial score (nSPS) is 11.0. The fraction of sp³-hybridized carbons (Fsp3) is 0.0385. The Hall–Kier alpha value is -3.90. The summed E-state index contributed by atoms with van der Waals surface area (Å²) in [5.74, 6) is -0.325. The van der Waals surface area contributed by atoms with Crippen LogP contribution in [0.2, 0.25) is 0 Å². The lowest BCUT2D eigenvalue weighted by atomic mass is 10.0. The quantitative estimate of drug-likeness (QED) is 0.401. The standard InChI is InChI=1S/C26H22N2O3S/c1-19-16-17-21(18-25(19)28-32(30,31)22-12-6-3-7-13-22)26(29)27-24-15-9-8-14-23(24)20-10-4-2-5-11-20/h2-18,28H,1H3,(H,27,29). The highest BCUT2D eigenvalue weighted by molar-refractivity contribution is 7.92. The Morgan fingerprint density at radius 3 is 2.06 bits per heavy atom. The molecule has 4 rings (SSSR count). The van der Waals surface area contributed by atoms with E-state index in [1.807, 2.05) is 54.6 Å². The monoisotopic (exact) mass is 442 g/mol.